The molecule has 13 nitrogen and oxygen atoms in total. The lowest BCUT2D eigenvalue weighted by atomic mass is 9.57. The van der Waals surface area contributed by atoms with E-state index in [1.165, 1.54) is 0 Å². The molecule has 0 spiro atoms. The number of aromatic nitrogens is 5. The van der Waals surface area contributed by atoms with Gasteiger partial charge in [-0.3, -0.25) is 19.1 Å². The molecule has 2 aliphatic heterocycles. The maximum absolute atomic E-state index is 13.3. The fourth-order valence-electron chi connectivity index (χ4n) is 6.98. The molecule has 2 saturated carbocycles. The Labute approximate surface area is 292 Å². The predicted octanol–water partition coefficient (Wildman–Crippen LogP) is 3.44. The number of nitrogens with one attached hydrogen (secondary N) is 3. The van der Waals surface area contributed by atoms with Crippen LogP contribution >= 0.6 is 0 Å². The second-order valence-corrected chi connectivity index (χ2v) is 13.7. The molecule has 1 saturated heterocycles. The molecule has 3 aromatic heterocycles. The largest absolute Gasteiger partial charge is 0.364 e. The molecular weight excluding hydrogens is 630 g/mol. The number of carbonyl (C=O) groups excluding carboxylic acids is 3. The van der Waals surface area contributed by atoms with E-state index >= 15 is 0 Å². The van der Waals surface area contributed by atoms with Gasteiger partial charge in [0.15, 0.2) is 17.8 Å². The Kier molecular flexibility index (Phi) is 7.97. The molecule has 50 heavy (non-hydrogen) atoms. The highest BCUT2D eigenvalue weighted by molar-refractivity contribution is 6.39. The predicted molar refractivity (Wildman–Crippen MR) is 190 cm³/mol. The van der Waals surface area contributed by atoms with E-state index in [0.29, 0.717) is 36.6 Å². The number of carbonyl (C=O) groups is 3. The van der Waals surface area contributed by atoms with Crippen molar-refractivity contribution in [3.8, 4) is 11.1 Å². The SMILES string of the molecule is [B]C([B])(c1cccc(C=O)n1)N1CC(n2ncc3c2C(CC)N(C)c2c(Nc4cc(NC(=O)C5CC5)nnc4C(=O)NC4CC4)cccc2-3)C1. The minimum atomic E-state index is -1.34. The van der Waals surface area contributed by atoms with Crippen molar-refractivity contribution in [2.24, 2.45) is 5.92 Å². The minimum Gasteiger partial charge on any atom is -0.364 e. The molecular formula is C35H36B2N10O3. The highest BCUT2D eigenvalue weighted by Crippen LogP contribution is 2.50. The van der Waals surface area contributed by atoms with Crippen molar-refractivity contribution in [3.05, 3.63) is 71.4 Å². The fourth-order valence-corrected chi connectivity index (χ4v) is 6.98. The molecule has 1 atom stereocenters. The lowest BCUT2D eigenvalue weighted by molar-refractivity contribution is -0.117. The molecule has 15 heteroatoms. The van der Waals surface area contributed by atoms with E-state index in [4.69, 9.17) is 20.8 Å². The summed E-state index contributed by atoms with van der Waals surface area (Å²) in [5.41, 5.74) is 6.19. The summed E-state index contributed by atoms with van der Waals surface area (Å²) in [5.74, 6) is -0.108. The van der Waals surface area contributed by atoms with Gasteiger partial charge in [0, 0.05) is 55.0 Å². The van der Waals surface area contributed by atoms with Crippen LogP contribution in [-0.4, -0.2) is 89.8 Å². The number of hydrogen-bond donors (Lipinski definition) is 3. The van der Waals surface area contributed by atoms with E-state index in [1.54, 1.807) is 24.3 Å². The molecule has 3 N–H and O–H groups in total. The van der Waals surface area contributed by atoms with E-state index in [-0.39, 0.29) is 47.2 Å². The fraction of sp³-hybridized carbons (Fsp3) is 0.400. The van der Waals surface area contributed by atoms with Crippen LogP contribution in [0.15, 0.2) is 48.7 Å². The highest BCUT2D eigenvalue weighted by atomic mass is 16.2. The molecule has 4 radical (unpaired) electrons. The van der Waals surface area contributed by atoms with Crippen molar-refractivity contribution < 1.29 is 14.4 Å². The van der Waals surface area contributed by atoms with Crippen LogP contribution in [0.5, 0.6) is 0 Å². The van der Waals surface area contributed by atoms with Gasteiger partial charge in [-0.05, 0) is 55.6 Å². The first-order chi connectivity index (χ1) is 24.2. The van der Waals surface area contributed by atoms with Crippen LogP contribution in [0.4, 0.5) is 22.9 Å². The van der Waals surface area contributed by atoms with Gasteiger partial charge in [0.25, 0.3) is 5.91 Å². The normalized spacial score (nSPS) is 18.8. The summed E-state index contributed by atoms with van der Waals surface area (Å²) in [6, 6.07) is 12.9. The van der Waals surface area contributed by atoms with E-state index in [1.807, 2.05) is 23.2 Å². The van der Waals surface area contributed by atoms with Crippen LogP contribution in [0.3, 0.4) is 0 Å². The Balaban J connectivity index is 1.10. The molecule has 4 aromatic rings. The number of amides is 2. The second kappa shape index (κ2) is 12.4. The molecule has 4 aliphatic rings. The first-order valence-corrected chi connectivity index (χ1v) is 17.1. The van der Waals surface area contributed by atoms with Crippen LogP contribution in [0.25, 0.3) is 11.1 Å². The highest BCUT2D eigenvalue weighted by Gasteiger charge is 2.43. The van der Waals surface area contributed by atoms with Crippen molar-refractivity contribution in [1.82, 2.24) is 35.2 Å². The van der Waals surface area contributed by atoms with Gasteiger partial charge in [0.05, 0.1) is 56.7 Å². The number of anilines is 4. The summed E-state index contributed by atoms with van der Waals surface area (Å²) in [7, 11) is 15.2. The smallest absolute Gasteiger partial charge is 0.274 e. The molecule has 1 unspecified atom stereocenters. The molecule has 1 aromatic carbocycles. The van der Waals surface area contributed by atoms with Gasteiger partial charge in [0.1, 0.15) is 5.69 Å². The summed E-state index contributed by atoms with van der Waals surface area (Å²) in [5, 5.41) is 21.4. The number of hydrogen-bond acceptors (Lipinski definition) is 10. The number of fused-ring (bicyclic) bond motifs is 3. The maximum Gasteiger partial charge on any atom is 0.274 e. The average molecular weight is 666 g/mol. The lowest BCUT2D eigenvalue weighted by Gasteiger charge is -2.50. The Morgan fingerprint density at radius 3 is 2.52 bits per heavy atom. The Morgan fingerprint density at radius 2 is 1.80 bits per heavy atom. The quantitative estimate of drug-likeness (QED) is 0.161. The molecule has 3 fully saturated rings. The zero-order valence-electron chi connectivity index (χ0n) is 28.0. The van der Waals surface area contributed by atoms with Crippen molar-refractivity contribution in [2.75, 3.05) is 35.7 Å². The van der Waals surface area contributed by atoms with Gasteiger partial charge in [-0.1, -0.05) is 25.1 Å². The van der Waals surface area contributed by atoms with Gasteiger partial charge >= 0.3 is 0 Å². The van der Waals surface area contributed by atoms with Crippen LogP contribution in [-0.2, 0) is 10.1 Å². The Hall–Kier alpha value is -5.04. The van der Waals surface area contributed by atoms with Crippen LogP contribution < -0.4 is 20.9 Å². The van der Waals surface area contributed by atoms with Crippen molar-refractivity contribution in [2.45, 2.75) is 62.5 Å². The Bertz CT molecular complexity index is 2000. The summed E-state index contributed by atoms with van der Waals surface area (Å²) in [6.07, 6.45) is 7.00. The summed E-state index contributed by atoms with van der Waals surface area (Å²) in [6.45, 7) is 3.26. The third-order valence-electron chi connectivity index (χ3n) is 10.1. The summed E-state index contributed by atoms with van der Waals surface area (Å²) < 4.78 is 2.09. The van der Waals surface area contributed by atoms with E-state index < -0.39 is 5.34 Å². The van der Waals surface area contributed by atoms with Crippen molar-refractivity contribution >= 4 is 56.7 Å². The number of pyridine rings is 1. The molecule has 2 amide bonds. The van der Waals surface area contributed by atoms with Crippen LogP contribution in [0.1, 0.15) is 83.5 Å². The second-order valence-electron chi connectivity index (χ2n) is 13.7. The van der Waals surface area contributed by atoms with Gasteiger partial charge in [-0.2, -0.15) is 5.10 Å². The van der Waals surface area contributed by atoms with Crippen molar-refractivity contribution in [1.29, 1.82) is 0 Å². The van der Waals surface area contributed by atoms with Crippen molar-refractivity contribution in [3.63, 3.8) is 0 Å². The molecule has 0 bridgehead atoms. The first-order valence-electron chi connectivity index (χ1n) is 17.1. The summed E-state index contributed by atoms with van der Waals surface area (Å²) >= 11 is 0. The third-order valence-corrected chi connectivity index (χ3v) is 10.1. The molecule has 8 rings (SSSR count). The Morgan fingerprint density at radius 1 is 1.02 bits per heavy atom. The maximum atomic E-state index is 13.3. The molecule has 2 aliphatic carbocycles. The standard InChI is InChI=1S/C35H36B2N10O3/c1-3-27-32-24(15-38-47(32)22-16-46(17-22)35(36,37)28-9-4-6-21(18-48)39-28)23-7-5-8-25(31(23)45(27)2)41-26-14-29(42-33(49)19-10-11-19)43-44-30(26)34(50)40-20-12-13-20/h4-9,14-15,18-20,22,27H,3,10-13,16-17H2,1-2H3,(H,40,50)(H2,41,42,43,49). The van der Waals surface area contributed by atoms with Gasteiger partial charge < -0.3 is 25.8 Å². The zero-order chi connectivity index (χ0) is 34.7. The number of likely N-dealkylation sites (tertiary alicyclic amines) is 1. The topological polar surface area (TPSA) is 150 Å². The number of nitrogens with zero attached hydrogens (tertiary/aromatic N) is 7. The molecule has 5 heterocycles. The molecule has 250 valence electrons. The van der Waals surface area contributed by atoms with E-state index in [2.05, 4.69) is 60.8 Å². The zero-order valence-corrected chi connectivity index (χ0v) is 28.0. The number of aldehydes is 1. The summed E-state index contributed by atoms with van der Waals surface area (Å²) in [4.78, 5) is 45.6. The average Bonchev–Trinajstić information content (AvgIpc) is 4.03. The number of benzene rings is 1. The van der Waals surface area contributed by atoms with Crippen LogP contribution in [0, 0.1) is 5.92 Å². The lowest BCUT2D eigenvalue weighted by Crippen LogP contribution is -2.60. The monoisotopic (exact) mass is 666 g/mol. The third kappa shape index (κ3) is 5.72. The van der Waals surface area contributed by atoms with E-state index in [0.717, 1.165) is 60.3 Å². The van der Waals surface area contributed by atoms with Gasteiger partial charge in [-0.15, -0.1) is 10.2 Å². The van der Waals surface area contributed by atoms with E-state index in [9.17, 15) is 14.4 Å². The van der Waals surface area contributed by atoms with Gasteiger partial charge in [-0.25, -0.2) is 4.98 Å². The minimum absolute atomic E-state index is 0.00408. The van der Waals surface area contributed by atoms with Gasteiger partial charge in [0.2, 0.25) is 5.91 Å². The first kappa shape index (κ1) is 32.2. The van der Waals surface area contributed by atoms with Crippen LogP contribution in [0.2, 0.25) is 0 Å². The number of rotatable bonds is 11. The number of para-hydroxylation sites is 1.